The average Bonchev–Trinajstić information content (AvgIpc) is 2.28. The summed E-state index contributed by atoms with van der Waals surface area (Å²) < 4.78 is 27.7. The summed E-state index contributed by atoms with van der Waals surface area (Å²) in [5.41, 5.74) is 5.74. The molecule has 0 unspecified atom stereocenters. The van der Waals surface area contributed by atoms with E-state index in [4.69, 9.17) is 15.6 Å². The van der Waals surface area contributed by atoms with Crippen LogP contribution in [0.4, 0.5) is 5.69 Å². The highest BCUT2D eigenvalue weighted by Gasteiger charge is 2.12. The summed E-state index contributed by atoms with van der Waals surface area (Å²) >= 11 is 0. The van der Waals surface area contributed by atoms with Gasteiger partial charge in [0.2, 0.25) is 10.0 Å². The van der Waals surface area contributed by atoms with Crippen molar-refractivity contribution in [3.63, 3.8) is 0 Å². The Balaban J connectivity index is 2.59. The Bertz CT molecular complexity index is 448. The molecule has 0 saturated carbocycles. The Kier molecular flexibility index (Phi) is 5.36. The zero-order valence-corrected chi connectivity index (χ0v) is 10.2. The Hall–Kier alpha value is -1.15. The number of nitrogens with one attached hydrogen (secondary N) is 1. The molecule has 1 rings (SSSR count). The molecule has 0 spiro atoms. The van der Waals surface area contributed by atoms with Crippen molar-refractivity contribution in [1.82, 2.24) is 0 Å². The number of rotatable bonds is 7. The van der Waals surface area contributed by atoms with Crippen LogP contribution in [0.2, 0.25) is 0 Å². The number of nitrogens with two attached hydrogens (primary N) is 2. The molecule has 0 radical (unpaired) electrons. The molecule has 5 N–H and O–H groups in total. The molecule has 0 aromatic heterocycles. The number of ether oxygens (including phenoxy) is 1. The molecule has 0 amide bonds. The van der Waals surface area contributed by atoms with Gasteiger partial charge in [-0.1, -0.05) is 12.1 Å². The van der Waals surface area contributed by atoms with Gasteiger partial charge in [0.05, 0.1) is 18.9 Å². The number of sulfonamides is 1. The summed E-state index contributed by atoms with van der Waals surface area (Å²) in [4.78, 5) is 0.0822. The fourth-order valence-electron chi connectivity index (χ4n) is 1.30. The van der Waals surface area contributed by atoms with Crippen LogP contribution in [0.25, 0.3) is 0 Å². The number of para-hydroxylation sites is 1. The summed E-state index contributed by atoms with van der Waals surface area (Å²) in [5.74, 6) is 0. The average molecular weight is 259 g/mol. The first-order chi connectivity index (χ1) is 8.05. The van der Waals surface area contributed by atoms with Crippen LogP contribution in [0.15, 0.2) is 29.2 Å². The van der Waals surface area contributed by atoms with Crippen molar-refractivity contribution in [2.75, 3.05) is 31.6 Å². The van der Waals surface area contributed by atoms with Crippen molar-refractivity contribution in [2.24, 2.45) is 10.9 Å². The summed E-state index contributed by atoms with van der Waals surface area (Å²) in [6.45, 7) is 1.90. The summed E-state index contributed by atoms with van der Waals surface area (Å²) in [6, 6.07) is 6.47. The fourth-order valence-corrected chi connectivity index (χ4v) is 2.02. The first kappa shape index (κ1) is 13.9. The van der Waals surface area contributed by atoms with E-state index >= 15 is 0 Å². The number of primary sulfonamides is 1. The van der Waals surface area contributed by atoms with Crippen molar-refractivity contribution in [2.45, 2.75) is 4.90 Å². The largest absolute Gasteiger partial charge is 0.382 e. The van der Waals surface area contributed by atoms with Gasteiger partial charge in [0, 0.05) is 13.1 Å². The second kappa shape index (κ2) is 6.55. The molecule has 0 heterocycles. The molecule has 0 fully saturated rings. The Labute approximate surface area is 101 Å². The topological polar surface area (TPSA) is 107 Å². The number of anilines is 1. The zero-order chi connectivity index (χ0) is 12.7. The van der Waals surface area contributed by atoms with E-state index < -0.39 is 10.0 Å². The molecular weight excluding hydrogens is 242 g/mol. The van der Waals surface area contributed by atoms with Crippen molar-refractivity contribution in [1.29, 1.82) is 0 Å². The van der Waals surface area contributed by atoms with Gasteiger partial charge in [-0.15, -0.1) is 0 Å². The highest BCUT2D eigenvalue weighted by atomic mass is 32.2. The highest BCUT2D eigenvalue weighted by molar-refractivity contribution is 7.89. The van der Waals surface area contributed by atoms with Gasteiger partial charge in [-0.25, -0.2) is 13.6 Å². The van der Waals surface area contributed by atoms with E-state index in [9.17, 15) is 8.42 Å². The first-order valence-corrected chi connectivity index (χ1v) is 6.74. The Morgan fingerprint density at radius 1 is 1.24 bits per heavy atom. The van der Waals surface area contributed by atoms with Crippen LogP contribution in [-0.2, 0) is 14.8 Å². The van der Waals surface area contributed by atoms with E-state index in [1.165, 1.54) is 6.07 Å². The molecule has 1 aromatic rings. The lowest BCUT2D eigenvalue weighted by atomic mass is 10.3. The second-order valence-corrected chi connectivity index (χ2v) is 4.90. The summed E-state index contributed by atoms with van der Waals surface area (Å²) in [6.07, 6.45) is 0. The van der Waals surface area contributed by atoms with Crippen LogP contribution < -0.4 is 16.2 Å². The summed E-state index contributed by atoms with van der Waals surface area (Å²) in [7, 11) is -3.70. The third-order valence-electron chi connectivity index (χ3n) is 2.02. The van der Waals surface area contributed by atoms with Gasteiger partial charge < -0.3 is 15.8 Å². The first-order valence-electron chi connectivity index (χ1n) is 5.19. The van der Waals surface area contributed by atoms with E-state index in [2.05, 4.69) is 5.32 Å². The van der Waals surface area contributed by atoms with Crippen LogP contribution in [-0.4, -0.2) is 34.7 Å². The van der Waals surface area contributed by atoms with Crippen LogP contribution in [0.3, 0.4) is 0 Å². The van der Waals surface area contributed by atoms with Gasteiger partial charge in [-0.05, 0) is 12.1 Å². The minimum Gasteiger partial charge on any atom is -0.382 e. The predicted octanol–water partition coefficient (Wildman–Crippen LogP) is -0.279. The number of benzene rings is 1. The quantitative estimate of drug-likeness (QED) is 0.584. The Morgan fingerprint density at radius 3 is 2.59 bits per heavy atom. The van der Waals surface area contributed by atoms with Gasteiger partial charge in [0.15, 0.2) is 0 Å². The fraction of sp³-hybridized carbons (Fsp3) is 0.400. The number of hydrogen-bond acceptors (Lipinski definition) is 5. The van der Waals surface area contributed by atoms with Gasteiger partial charge in [-0.2, -0.15) is 0 Å². The monoisotopic (exact) mass is 259 g/mol. The van der Waals surface area contributed by atoms with Crippen molar-refractivity contribution in [3.8, 4) is 0 Å². The Morgan fingerprint density at radius 2 is 1.94 bits per heavy atom. The van der Waals surface area contributed by atoms with Gasteiger partial charge in [0.25, 0.3) is 0 Å². The summed E-state index contributed by atoms with van der Waals surface area (Å²) in [5, 5.41) is 8.05. The smallest absolute Gasteiger partial charge is 0.240 e. The molecule has 6 nitrogen and oxygen atoms in total. The predicted molar refractivity (Wildman–Crippen MR) is 66.2 cm³/mol. The van der Waals surface area contributed by atoms with E-state index in [1.54, 1.807) is 18.2 Å². The lowest BCUT2D eigenvalue weighted by Gasteiger charge is -2.10. The molecule has 7 heteroatoms. The third kappa shape index (κ3) is 4.70. The molecule has 0 atom stereocenters. The van der Waals surface area contributed by atoms with Gasteiger partial charge >= 0.3 is 0 Å². The zero-order valence-electron chi connectivity index (χ0n) is 9.43. The third-order valence-corrected chi connectivity index (χ3v) is 2.99. The van der Waals surface area contributed by atoms with Crippen molar-refractivity contribution in [3.05, 3.63) is 24.3 Å². The maximum Gasteiger partial charge on any atom is 0.240 e. The van der Waals surface area contributed by atoms with Crippen LogP contribution in [0.5, 0.6) is 0 Å². The molecule has 0 aliphatic rings. The minimum atomic E-state index is -3.70. The van der Waals surface area contributed by atoms with Crippen LogP contribution in [0.1, 0.15) is 0 Å². The maximum absolute atomic E-state index is 11.3. The standard InChI is InChI=1S/C10H17N3O3S/c11-5-7-16-8-6-13-9-3-1-2-4-10(9)17(12,14)15/h1-4,13H,5-8,11H2,(H2,12,14,15). The number of hydrogen-bond donors (Lipinski definition) is 3. The van der Waals surface area contributed by atoms with Crippen LogP contribution in [0, 0.1) is 0 Å². The van der Waals surface area contributed by atoms with Crippen molar-refractivity contribution < 1.29 is 13.2 Å². The molecule has 0 aliphatic heterocycles. The van der Waals surface area contributed by atoms with E-state index in [1.807, 2.05) is 0 Å². The van der Waals surface area contributed by atoms with Gasteiger partial charge in [0.1, 0.15) is 4.90 Å². The molecule has 0 aliphatic carbocycles. The molecule has 1 aromatic carbocycles. The SMILES string of the molecule is NCCOCCNc1ccccc1S(N)(=O)=O. The molecule has 17 heavy (non-hydrogen) atoms. The second-order valence-electron chi connectivity index (χ2n) is 3.37. The lowest BCUT2D eigenvalue weighted by Crippen LogP contribution is -2.18. The molecular formula is C10H17N3O3S. The van der Waals surface area contributed by atoms with Crippen molar-refractivity contribution >= 4 is 15.7 Å². The van der Waals surface area contributed by atoms with Gasteiger partial charge in [-0.3, -0.25) is 0 Å². The molecule has 0 bridgehead atoms. The van der Waals surface area contributed by atoms with Crippen LogP contribution >= 0.6 is 0 Å². The minimum absolute atomic E-state index is 0.0822. The van der Waals surface area contributed by atoms with E-state index in [0.29, 0.717) is 32.0 Å². The normalized spacial score (nSPS) is 11.4. The van der Waals surface area contributed by atoms with E-state index in [0.717, 1.165) is 0 Å². The lowest BCUT2D eigenvalue weighted by molar-refractivity contribution is 0.151. The molecule has 0 saturated heterocycles. The molecule has 96 valence electrons. The van der Waals surface area contributed by atoms with E-state index in [-0.39, 0.29) is 4.90 Å². The highest BCUT2D eigenvalue weighted by Crippen LogP contribution is 2.18. The maximum atomic E-state index is 11.3.